The number of anilines is 1. The van der Waals surface area contributed by atoms with Gasteiger partial charge in [-0.1, -0.05) is 0 Å². The molecular weight excluding hydrogens is 283 g/mol. The fraction of sp³-hybridized carbons (Fsp3) is 0.571. The second-order valence-electron chi connectivity index (χ2n) is 5.67. The highest BCUT2D eigenvalue weighted by Gasteiger charge is 2.48. The summed E-state index contributed by atoms with van der Waals surface area (Å²) in [5, 5.41) is 3.21. The number of hydrogen-bond acceptors (Lipinski definition) is 3. The van der Waals surface area contributed by atoms with Gasteiger partial charge in [0.2, 0.25) is 5.91 Å². The van der Waals surface area contributed by atoms with E-state index < -0.39 is 17.2 Å². The predicted octanol–water partition coefficient (Wildman–Crippen LogP) is 2.21. The van der Waals surface area contributed by atoms with Gasteiger partial charge < -0.3 is 5.32 Å². The second-order valence-corrected chi connectivity index (χ2v) is 5.67. The molecule has 2 saturated heterocycles. The minimum absolute atomic E-state index is 0.0947. The zero-order chi connectivity index (χ0) is 15.1. The molecule has 4 nitrogen and oxygen atoms in total. The first-order valence-electron chi connectivity index (χ1n) is 6.98. The average Bonchev–Trinajstić information content (AvgIpc) is 2.76. The van der Waals surface area contributed by atoms with Gasteiger partial charge in [-0.3, -0.25) is 9.69 Å². The van der Waals surface area contributed by atoms with Gasteiger partial charge in [-0.2, -0.15) is 13.2 Å². The standard InChI is InChI=1S/C14H16F3N3O/c15-14(16,17)10-2-6-19-11(8-10)20-7-4-13(12(20)21)3-1-5-18-9-13/h2,6,8,18H,1,3-5,7,9H2. The van der Waals surface area contributed by atoms with Crippen molar-refractivity contribution in [1.29, 1.82) is 0 Å². The molecule has 1 atom stereocenters. The van der Waals surface area contributed by atoms with Crippen LogP contribution in [0.3, 0.4) is 0 Å². The van der Waals surface area contributed by atoms with Crippen molar-refractivity contribution in [2.24, 2.45) is 5.41 Å². The smallest absolute Gasteiger partial charge is 0.316 e. The van der Waals surface area contributed by atoms with Crippen LogP contribution < -0.4 is 10.2 Å². The van der Waals surface area contributed by atoms with Gasteiger partial charge in [0.05, 0.1) is 11.0 Å². The summed E-state index contributed by atoms with van der Waals surface area (Å²) in [5.74, 6) is -0.0150. The van der Waals surface area contributed by atoms with Crippen molar-refractivity contribution in [2.75, 3.05) is 24.5 Å². The molecule has 1 unspecified atom stereocenters. The molecule has 3 heterocycles. The molecule has 1 aromatic rings. The SMILES string of the molecule is O=C1N(c2cc(C(F)(F)F)ccn2)CCC12CCCNC2. The monoisotopic (exact) mass is 299 g/mol. The summed E-state index contributed by atoms with van der Waals surface area (Å²) in [4.78, 5) is 17.9. The molecule has 2 aliphatic rings. The predicted molar refractivity (Wildman–Crippen MR) is 70.7 cm³/mol. The molecule has 1 amide bonds. The van der Waals surface area contributed by atoms with E-state index in [1.54, 1.807) is 0 Å². The van der Waals surface area contributed by atoms with E-state index in [1.807, 2.05) is 0 Å². The van der Waals surface area contributed by atoms with Crippen LogP contribution in [0.5, 0.6) is 0 Å². The van der Waals surface area contributed by atoms with Gasteiger partial charge in [0.1, 0.15) is 5.82 Å². The van der Waals surface area contributed by atoms with Crippen LogP contribution in [0, 0.1) is 5.41 Å². The number of nitrogens with zero attached hydrogens (tertiary/aromatic N) is 2. The molecule has 7 heteroatoms. The third-order valence-corrected chi connectivity index (χ3v) is 4.33. The maximum absolute atomic E-state index is 12.8. The van der Waals surface area contributed by atoms with Crippen molar-refractivity contribution in [1.82, 2.24) is 10.3 Å². The number of carbonyl (C=O) groups excluding carboxylic acids is 1. The highest BCUT2D eigenvalue weighted by atomic mass is 19.4. The molecule has 114 valence electrons. The summed E-state index contributed by atoms with van der Waals surface area (Å²) in [5.41, 5.74) is -1.24. The van der Waals surface area contributed by atoms with Crippen molar-refractivity contribution in [3.63, 3.8) is 0 Å². The van der Waals surface area contributed by atoms with Gasteiger partial charge in [-0.05, 0) is 37.9 Å². The lowest BCUT2D eigenvalue weighted by Gasteiger charge is -2.32. The van der Waals surface area contributed by atoms with E-state index in [-0.39, 0.29) is 11.7 Å². The van der Waals surface area contributed by atoms with Crippen LogP contribution in [0.15, 0.2) is 18.3 Å². The number of aromatic nitrogens is 1. The van der Waals surface area contributed by atoms with Crippen molar-refractivity contribution in [3.05, 3.63) is 23.9 Å². The highest BCUT2D eigenvalue weighted by Crippen LogP contribution is 2.40. The van der Waals surface area contributed by atoms with Gasteiger partial charge >= 0.3 is 6.18 Å². The van der Waals surface area contributed by atoms with Crippen LogP contribution in [-0.4, -0.2) is 30.5 Å². The zero-order valence-corrected chi connectivity index (χ0v) is 11.4. The summed E-state index contributed by atoms with van der Waals surface area (Å²) >= 11 is 0. The third kappa shape index (κ3) is 2.50. The maximum Gasteiger partial charge on any atom is 0.416 e. The molecule has 0 radical (unpaired) electrons. The van der Waals surface area contributed by atoms with Crippen molar-refractivity contribution in [2.45, 2.75) is 25.4 Å². The highest BCUT2D eigenvalue weighted by molar-refractivity contribution is 5.99. The summed E-state index contributed by atoms with van der Waals surface area (Å²) < 4.78 is 38.3. The van der Waals surface area contributed by atoms with E-state index in [9.17, 15) is 18.0 Å². The van der Waals surface area contributed by atoms with E-state index in [2.05, 4.69) is 10.3 Å². The van der Waals surface area contributed by atoms with E-state index >= 15 is 0 Å². The normalized spacial score (nSPS) is 26.6. The number of rotatable bonds is 1. The molecule has 1 N–H and O–H groups in total. The van der Waals surface area contributed by atoms with Crippen LogP contribution in [-0.2, 0) is 11.0 Å². The van der Waals surface area contributed by atoms with Crippen LogP contribution in [0.2, 0.25) is 0 Å². The minimum Gasteiger partial charge on any atom is -0.316 e. The molecule has 0 aromatic carbocycles. The van der Waals surface area contributed by atoms with E-state index in [0.29, 0.717) is 19.5 Å². The van der Waals surface area contributed by atoms with Crippen molar-refractivity contribution < 1.29 is 18.0 Å². The fourth-order valence-electron chi connectivity index (χ4n) is 3.15. The lowest BCUT2D eigenvalue weighted by Crippen LogP contribution is -2.45. The van der Waals surface area contributed by atoms with Gasteiger partial charge in [-0.15, -0.1) is 0 Å². The largest absolute Gasteiger partial charge is 0.416 e. The summed E-state index contributed by atoms with van der Waals surface area (Å²) in [6.45, 7) is 1.91. The number of pyridine rings is 1. The third-order valence-electron chi connectivity index (χ3n) is 4.33. The van der Waals surface area contributed by atoms with E-state index in [4.69, 9.17) is 0 Å². The Hall–Kier alpha value is -1.63. The number of alkyl halides is 3. The molecule has 21 heavy (non-hydrogen) atoms. The topological polar surface area (TPSA) is 45.2 Å². The lowest BCUT2D eigenvalue weighted by atomic mass is 9.79. The molecule has 1 spiro atoms. The second kappa shape index (κ2) is 4.98. The Morgan fingerprint density at radius 3 is 2.81 bits per heavy atom. The van der Waals surface area contributed by atoms with Crippen LogP contribution in [0.25, 0.3) is 0 Å². The summed E-state index contributed by atoms with van der Waals surface area (Å²) in [6.07, 6.45) is -0.958. The molecule has 2 fully saturated rings. The Balaban J connectivity index is 1.87. The van der Waals surface area contributed by atoms with Crippen molar-refractivity contribution >= 4 is 11.7 Å². The molecule has 3 rings (SSSR count). The Bertz CT molecular complexity index is 553. The molecular formula is C14H16F3N3O. The number of piperidine rings is 1. The summed E-state index contributed by atoms with van der Waals surface area (Å²) in [6, 6.07) is 1.87. The minimum atomic E-state index is -4.43. The number of carbonyl (C=O) groups is 1. The molecule has 0 aliphatic carbocycles. The first kappa shape index (κ1) is 14.3. The first-order chi connectivity index (χ1) is 9.92. The number of halogens is 3. The van der Waals surface area contributed by atoms with Crippen LogP contribution >= 0.6 is 0 Å². The van der Waals surface area contributed by atoms with Crippen molar-refractivity contribution in [3.8, 4) is 0 Å². The Morgan fingerprint density at radius 2 is 2.14 bits per heavy atom. The Labute approximate surface area is 120 Å². The van der Waals surface area contributed by atoms with Gasteiger partial charge in [0.25, 0.3) is 0 Å². The Morgan fingerprint density at radius 1 is 1.33 bits per heavy atom. The van der Waals surface area contributed by atoms with Gasteiger partial charge in [-0.25, -0.2) is 4.98 Å². The fourth-order valence-corrected chi connectivity index (χ4v) is 3.15. The van der Waals surface area contributed by atoms with Crippen LogP contribution in [0.1, 0.15) is 24.8 Å². The Kier molecular flexibility index (Phi) is 3.39. The van der Waals surface area contributed by atoms with Gasteiger partial charge in [0, 0.05) is 19.3 Å². The maximum atomic E-state index is 12.8. The molecule has 1 aromatic heterocycles. The van der Waals surface area contributed by atoms with Gasteiger partial charge in [0.15, 0.2) is 0 Å². The van der Waals surface area contributed by atoms with E-state index in [1.165, 1.54) is 4.90 Å². The molecule has 2 aliphatic heterocycles. The molecule has 0 bridgehead atoms. The summed E-state index contributed by atoms with van der Waals surface area (Å²) in [7, 11) is 0. The average molecular weight is 299 g/mol. The number of amides is 1. The first-order valence-corrected chi connectivity index (χ1v) is 6.98. The molecule has 0 saturated carbocycles. The van der Waals surface area contributed by atoms with E-state index in [0.717, 1.165) is 37.7 Å². The number of hydrogen-bond donors (Lipinski definition) is 1. The lowest BCUT2D eigenvalue weighted by molar-refractivity contribution is -0.137. The number of nitrogens with one attached hydrogen (secondary N) is 1. The quantitative estimate of drug-likeness (QED) is 0.865. The zero-order valence-electron chi connectivity index (χ0n) is 11.4. The van der Waals surface area contributed by atoms with Crippen LogP contribution in [0.4, 0.5) is 19.0 Å².